The molecule has 0 N–H and O–H groups in total. The lowest BCUT2D eigenvalue weighted by Gasteiger charge is -2.31. The monoisotopic (exact) mass is 218 g/mol. The molecule has 3 unspecified atom stereocenters. The van der Waals surface area contributed by atoms with Gasteiger partial charge < -0.3 is 4.74 Å². The molecule has 84 valence electrons. The zero-order valence-corrected chi connectivity index (χ0v) is 10.3. The van der Waals surface area contributed by atoms with Gasteiger partial charge in [-0.1, -0.05) is 0 Å². The van der Waals surface area contributed by atoms with Gasteiger partial charge in [0, 0.05) is 5.75 Å². The average molecular weight is 218 g/mol. The topological polar surface area (TPSA) is 29.6 Å². The van der Waals surface area contributed by atoms with Crippen LogP contribution in [0.2, 0.25) is 0 Å². The Morgan fingerprint density at radius 2 is 1.93 bits per heavy atom. The minimum atomic E-state index is -2.27. The lowest BCUT2D eigenvalue weighted by Crippen LogP contribution is -2.33. The fourth-order valence-corrected chi connectivity index (χ4v) is 3.45. The average Bonchev–Trinajstić information content (AvgIpc) is 2.75. The molecule has 1 heterocycles. The number of hydrogen-bond donors (Lipinski definition) is 0. The highest BCUT2D eigenvalue weighted by Gasteiger charge is 2.43. The molecule has 0 bridgehead atoms. The van der Waals surface area contributed by atoms with Crippen LogP contribution in [0.15, 0.2) is 0 Å². The smallest absolute Gasteiger partial charge is 0.0844 e. The Morgan fingerprint density at radius 1 is 1.21 bits per heavy atom. The van der Waals surface area contributed by atoms with Gasteiger partial charge in [-0.2, -0.15) is 0 Å². The highest BCUT2D eigenvalue weighted by molar-refractivity contribution is 8.18. The number of rotatable bonds is 3. The van der Waals surface area contributed by atoms with Gasteiger partial charge in [0.05, 0.1) is 12.2 Å². The van der Waals surface area contributed by atoms with Crippen molar-refractivity contribution in [2.45, 2.75) is 37.9 Å². The molecule has 1 saturated carbocycles. The van der Waals surface area contributed by atoms with Crippen LogP contribution >= 0.6 is 0 Å². The second-order valence-electron chi connectivity index (χ2n) is 6.09. The second kappa shape index (κ2) is 3.05. The summed E-state index contributed by atoms with van der Waals surface area (Å²) in [5.41, 5.74) is 0. The standard InChI is InChI=1S/C11H22O2S/c1-14(2,3,12)7-6-9-4-5-10-11(8-9)13-10/h9-11H,4-8H2,1-3H3. The summed E-state index contributed by atoms with van der Waals surface area (Å²) in [5.74, 6) is 1.65. The molecule has 1 aliphatic carbocycles. The van der Waals surface area contributed by atoms with E-state index >= 15 is 0 Å². The first-order chi connectivity index (χ1) is 6.30. The Hall–Kier alpha value is 0.110. The highest BCUT2D eigenvalue weighted by atomic mass is 32.3. The molecule has 0 aromatic heterocycles. The third kappa shape index (κ3) is 3.06. The van der Waals surface area contributed by atoms with E-state index in [-0.39, 0.29) is 0 Å². The first kappa shape index (κ1) is 10.6. The van der Waals surface area contributed by atoms with Crippen LogP contribution in [0.3, 0.4) is 0 Å². The van der Waals surface area contributed by atoms with E-state index in [9.17, 15) is 4.21 Å². The van der Waals surface area contributed by atoms with Crippen molar-refractivity contribution < 1.29 is 8.95 Å². The SMILES string of the molecule is CS(C)(C)(=O)CCC1CCC2OC2C1. The van der Waals surface area contributed by atoms with Gasteiger partial charge in [-0.3, -0.25) is 4.21 Å². The summed E-state index contributed by atoms with van der Waals surface area (Å²) in [4.78, 5) is 0. The van der Waals surface area contributed by atoms with E-state index in [0.717, 1.165) is 18.1 Å². The van der Waals surface area contributed by atoms with Crippen LogP contribution in [-0.2, 0) is 13.8 Å². The maximum Gasteiger partial charge on any atom is 0.0844 e. The first-order valence-corrected chi connectivity index (χ1v) is 8.89. The van der Waals surface area contributed by atoms with Gasteiger partial charge in [0.15, 0.2) is 0 Å². The molecule has 3 atom stereocenters. The second-order valence-corrected chi connectivity index (χ2v) is 11.9. The number of ether oxygens (including phenoxy) is 1. The number of hydrogen-bond acceptors (Lipinski definition) is 2. The molecule has 0 spiro atoms. The zero-order chi connectivity index (χ0) is 10.4. The van der Waals surface area contributed by atoms with Crippen LogP contribution in [0.1, 0.15) is 25.7 Å². The Labute approximate surface area is 86.8 Å². The number of fused-ring (bicyclic) bond motifs is 1. The molecule has 1 aliphatic heterocycles. The molecule has 2 rings (SSSR count). The summed E-state index contributed by atoms with van der Waals surface area (Å²) < 4.78 is 17.6. The Kier molecular flexibility index (Phi) is 2.31. The Morgan fingerprint density at radius 3 is 2.50 bits per heavy atom. The minimum Gasteiger partial charge on any atom is -0.370 e. The predicted octanol–water partition coefficient (Wildman–Crippen LogP) is 1.65. The molecular weight excluding hydrogens is 196 g/mol. The van der Waals surface area contributed by atoms with E-state index in [2.05, 4.69) is 0 Å². The Bertz CT molecular complexity index is 281. The van der Waals surface area contributed by atoms with Crippen LogP contribution in [0.25, 0.3) is 0 Å². The van der Waals surface area contributed by atoms with Crippen LogP contribution in [0.4, 0.5) is 0 Å². The summed E-state index contributed by atoms with van der Waals surface area (Å²) in [6.45, 7) is 0. The van der Waals surface area contributed by atoms with E-state index in [1.165, 1.54) is 19.3 Å². The molecule has 1 saturated heterocycles. The molecule has 3 heteroatoms. The summed E-state index contributed by atoms with van der Waals surface area (Å²) >= 11 is 0. The molecular formula is C11H22O2S. The third-order valence-electron chi connectivity index (χ3n) is 3.33. The van der Waals surface area contributed by atoms with Crippen molar-refractivity contribution in [3.8, 4) is 0 Å². The molecule has 2 nitrogen and oxygen atoms in total. The summed E-state index contributed by atoms with van der Waals surface area (Å²) in [6.07, 6.45) is 11.8. The van der Waals surface area contributed by atoms with Crippen molar-refractivity contribution in [1.82, 2.24) is 0 Å². The largest absolute Gasteiger partial charge is 0.370 e. The van der Waals surface area contributed by atoms with Crippen LogP contribution in [0, 0.1) is 5.92 Å². The molecule has 2 fully saturated rings. The van der Waals surface area contributed by atoms with Gasteiger partial charge in [-0.05, 0) is 50.4 Å². The fraction of sp³-hybridized carbons (Fsp3) is 1.00. The van der Waals surface area contributed by atoms with Gasteiger partial charge in [0.1, 0.15) is 0 Å². The maximum atomic E-state index is 12.1. The normalized spacial score (nSPS) is 39.6. The van der Waals surface area contributed by atoms with Gasteiger partial charge in [-0.15, -0.1) is 9.07 Å². The van der Waals surface area contributed by atoms with Crippen molar-refractivity contribution >= 4 is 9.07 Å². The first-order valence-electron chi connectivity index (χ1n) is 5.53. The Balaban J connectivity index is 1.78. The van der Waals surface area contributed by atoms with Gasteiger partial charge in [0.25, 0.3) is 0 Å². The van der Waals surface area contributed by atoms with Crippen molar-refractivity contribution in [1.29, 1.82) is 0 Å². The van der Waals surface area contributed by atoms with Crippen molar-refractivity contribution in [2.75, 3.05) is 24.5 Å². The quantitative estimate of drug-likeness (QED) is 0.674. The molecule has 0 amide bonds. The maximum absolute atomic E-state index is 12.1. The van der Waals surface area contributed by atoms with E-state index in [1.54, 1.807) is 0 Å². The van der Waals surface area contributed by atoms with Gasteiger partial charge in [-0.25, -0.2) is 0 Å². The van der Waals surface area contributed by atoms with E-state index < -0.39 is 9.07 Å². The van der Waals surface area contributed by atoms with Gasteiger partial charge in [0.2, 0.25) is 0 Å². The molecule has 0 aromatic rings. The van der Waals surface area contributed by atoms with E-state index in [0.29, 0.717) is 12.2 Å². The highest BCUT2D eigenvalue weighted by Crippen LogP contribution is 2.41. The van der Waals surface area contributed by atoms with Crippen molar-refractivity contribution in [2.24, 2.45) is 5.92 Å². The molecule has 14 heavy (non-hydrogen) atoms. The number of epoxide rings is 1. The lowest BCUT2D eigenvalue weighted by atomic mass is 9.88. The fourth-order valence-electron chi connectivity index (χ4n) is 2.32. The molecule has 2 aliphatic rings. The third-order valence-corrected chi connectivity index (χ3v) is 4.96. The molecule has 0 radical (unpaired) electrons. The predicted molar refractivity (Wildman–Crippen MR) is 61.4 cm³/mol. The van der Waals surface area contributed by atoms with Crippen LogP contribution in [0.5, 0.6) is 0 Å². The van der Waals surface area contributed by atoms with E-state index in [1.807, 2.05) is 18.8 Å². The van der Waals surface area contributed by atoms with Crippen molar-refractivity contribution in [3.63, 3.8) is 0 Å². The van der Waals surface area contributed by atoms with Crippen LogP contribution in [-0.4, -0.2) is 40.9 Å². The zero-order valence-electron chi connectivity index (χ0n) is 9.49. The van der Waals surface area contributed by atoms with E-state index in [4.69, 9.17) is 4.74 Å². The minimum absolute atomic E-state index is 0.564. The lowest BCUT2D eigenvalue weighted by molar-refractivity contribution is 0.358. The summed E-state index contributed by atoms with van der Waals surface area (Å²) in [5, 5.41) is 0. The summed E-state index contributed by atoms with van der Waals surface area (Å²) in [6, 6.07) is 0. The van der Waals surface area contributed by atoms with Crippen LogP contribution < -0.4 is 0 Å². The summed E-state index contributed by atoms with van der Waals surface area (Å²) in [7, 11) is -2.27. The molecule has 0 aromatic carbocycles. The van der Waals surface area contributed by atoms with Crippen molar-refractivity contribution in [3.05, 3.63) is 0 Å². The van der Waals surface area contributed by atoms with Gasteiger partial charge >= 0.3 is 0 Å².